The first-order valence-electron chi connectivity index (χ1n) is 10.7. The van der Waals surface area contributed by atoms with Gasteiger partial charge in [0.15, 0.2) is 4.80 Å². The minimum absolute atomic E-state index is 0.0632. The monoisotopic (exact) mass is 541 g/mol. The molecule has 1 atom stereocenters. The highest BCUT2D eigenvalue weighted by atomic mass is 79.9. The summed E-state index contributed by atoms with van der Waals surface area (Å²) < 4.78 is 8.05. The van der Waals surface area contributed by atoms with Gasteiger partial charge in [0.2, 0.25) is 0 Å². The Morgan fingerprint density at radius 3 is 2.62 bits per heavy atom. The summed E-state index contributed by atoms with van der Waals surface area (Å²) in [4.78, 5) is 33.6. The number of esters is 1. The standard InChI is InChI=1S/C25H24BrN3O4S/c1-5-33-24(32)21-14(2)27-25-29(22(21)15-6-9-18(10-7-15)28(3)4)23(31)20(34-25)13-16-12-17(26)8-11-19(16)30/h6-13,22,30H,5H2,1-4H3/b20-13+/t22-/m1/s1. The molecular formula is C25H24BrN3O4S. The molecule has 0 radical (unpaired) electrons. The zero-order chi connectivity index (χ0) is 24.6. The number of carbonyl (C=O) groups is 1. The number of benzene rings is 2. The lowest BCUT2D eigenvalue weighted by Gasteiger charge is -2.25. The Labute approximate surface area is 209 Å². The maximum absolute atomic E-state index is 13.6. The molecule has 9 heteroatoms. The van der Waals surface area contributed by atoms with Crippen molar-refractivity contribution in [2.45, 2.75) is 19.9 Å². The number of nitrogens with zero attached hydrogens (tertiary/aromatic N) is 3. The number of hydrogen-bond acceptors (Lipinski definition) is 7. The second kappa shape index (κ2) is 9.60. The number of ether oxygens (including phenoxy) is 1. The molecular weight excluding hydrogens is 518 g/mol. The molecule has 176 valence electrons. The molecule has 7 nitrogen and oxygen atoms in total. The van der Waals surface area contributed by atoms with Gasteiger partial charge in [-0.2, -0.15) is 0 Å². The number of anilines is 1. The molecule has 0 spiro atoms. The highest BCUT2D eigenvalue weighted by Gasteiger charge is 2.33. The van der Waals surface area contributed by atoms with Crippen molar-refractivity contribution >= 4 is 45.0 Å². The average Bonchev–Trinajstić information content (AvgIpc) is 3.10. The molecule has 0 fully saturated rings. The van der Waals surface area contributed by atoms with Crippen LogP contribution in [0.5, 0.6) is 5.75 Å². The lowest BCUT2D eigenvalue weighted by atomic mass is 9.95. The number of carbonyl (C=O) groups excluding carboxylic acids is 1. The number of phenolic OH excluding ortho intramolecular Hbond substituents is 1. The van der Waals surface area contributed by atoms with Gasteiger partial charge in [-0.25, -0.2) is 9.79 Å². The van der Waals surface area contributed by atoms with Crippen LogP contribution in [0.1, 0.15) is 31.0 Å². The summed E-state index contributed by atoms with van der Waals surface area (Å²) in [5.41, 5.74) is 2.84. The molecule has 0 unspecified atom stereocenters. The van der Waals surface area contributed by atoms with E-state index in [1.54, 1.807) is 38.1 Å². The third-order valence-electron chi connectivity index (χ3n) is 5.52. The molecule has 1 aliphatic rings. The number of phenols is 1. The summed E-state index contributed by atoms with van der Waals surface area (Å²) in [6.07, 6.45) is 1.64. The van der Waals surface area contributed by atoms with Crippen molar-refractivity contribution in [2.75, 3.05) is 25.6 Å². The van der Waals surface area contributed by atoms with E-state index in [0.29, 0.717) is 26.2 Å². The lowest BCUT2D eigenvalue weighted by Crippen LogP contribution is -2.39. The van der Waals surface area contributed by atoms with Crippen LogP contribution in [0.4, 0.5) is 5.69 Å². The quantitative estimate of drug-likeness (QED) is 0.501. The van der Waals surface area contributed by atoms with E-state index in [4.69, 9.17) is 4.74 Å². The van der Waals surface area contributed by atoms with E-state index in [2.05, 4.69) is 20.9 Å². The summed E-state index contributed by atoms with van der Waals surface area (Å²) in [6, 6.07) is 12.1. The fourth-order valence-electron chi connectivity index (χ4n) is 3.84. The fourth-order valence-corrected chi connectivity index (χ4v) is 5.26. The third-order valence-corrected chi connectivity index (χ3v) is 6.99. The van der Waals surface area contributed by atoms with E-state index in [9.17, 15) is 14.7 Å². The van der Waals surface area contributed by atoms with Crippen molar-refractivity contribution in [3.05, 3.63) is 89.0 Å². The Hall–Kier alpha value is -3.17. The second-order valence-corrected chi connectivity index (χ2v) is 9.92. The molecule has 3 aromatic rings. The molecule has 1 N–H and O–H groups in total. The van der Waals surface area contributed by atoms with Crippen molar-refractivity contribution in [1.29, 1.82) is 0 Å². The molecule has 2 aromatic carbocycles. The van der Waals surface area contributed by atoms with Gasteiger partial charge in [-0.05, 0) is 55.8 Å². The van der Waals surface area contributed by atoms with Crippen LogP contribution in [0.3, 0.4) is 0 Å². The van der Waals surface area contributed by atoms with Gasteiger partial charge < -0.3 is 14.7 Å². The summed E-state index contributed by atoms with van der Waals surface area (Å²) in [5, 5.41) is 10.3. The van der Waals surface area contributed by atoms with Gasteiger partial charge in [0.1, 0.15) is 5.75 Å². The summed E-state index contributed by atoms with van der Waals surface area (Å²) in [6.45, 7) is 3.72. The second-order valence-electron chi connectivity index (χ2n) is 7.99. The zero-order valence-corrected chi connectivity index (χ0v) is 21.6. The molecule has 0 aliphatic carbocycles. The third kappa shape index (κ3) is 4.45. The molecule has 0 bridgehead atoms. The number of fused-ring (bicyclic) bond motifs is 1. The Morgan fingerprint density at radius 1 is 1.26 bits per heavy atom. The number of aromatic nitrogens is 1. The number of thiazole rings is 1. The Balaban J connectivity index is 1.95. The van der Waals surface area contributed by atoms with Crippen molar-refractivity contribution in [3.63, 3.8) is 0 Å². The number of halogens is 1. The molecule has 0 saturated heterocycles. The lowest BCUT2D eigenvalue weighted by molar-refractivity contribution is -0.139. The van der Waals surface area contributed by atoms with E-state index in [-0.39, 0.29) is 17.9 Å². The Morgan fingerprint density at radius 2 is 1.97 bits per heavy atom. The normalized spacial score (nSPS) is 15.7. The van der Waals surface area contributed by atoms with Gasteiger partial charge >= 0.3 is 5.97 Å². The van der Waals surface area contributed by atoms with Crippen LogP contribution in [0.25, 0.3) is 6.08 Å². The molecule has 0 saturated carbocycles. The van der Waals surface area contributed by atoms with Crippen molar-refractivity contribution in [3.8, 4) is 5.75 Å². The summed E-state index contributed by atoms with van der Waals surface area (Å²) >= 11 is 4.61. The predicted molar refractivity (Wildman–Crippen MR) is 137 cm³/mol. The summed E-state index contributed by atoms with van der Waals surface area (Å²) in [5.74, 6) is -0.433. The van der Waals surface area contributed by atoms with Crippen LogP contribution in [0.2, 0.25) is 0 Å². The maximum Gasteiger partial charge on any atom is 0.338 e. The zero-order valence-electron chi connectivity index (χ0n) is 19.2. The van der Waals surface area contributed by atoms with Gasteiger partial charge in [-0.15, -0.1) is 0 Å². The molecule has 4 rings (SSSR count). The van der Waals surface area contributed by atoms with E-state index in [1.165, 1.54) is 15.9 Å². The Kier molecular flexibility index (Phi) is 6.77. The molecule has 1 aromatic heterocycles. The first kappa shape index (κ1) is 24.0. The van der Waals surface area contributed by atoms with Crippen molar-refractivity contribution in [1.82, 2.24) is 4.57 Å². The topological polar surface area (TPSA) is 84.1 Å². The van der Waals surface area contributed by atoms with Crippen LogP contribution in [-0.2, 0) is 9.53 Å². The summed E-state index contributed by atoms with van der Waals surface area (Å²) in [7, 11) is 3.90. The number of aromatic hydroxyl groups is 1. The van der Waals surface area contributed by atoms with E-state index in [0.717, 1.165) is 15.7 Å². The van der Waals surface area contributed by atoms with Gasteiger partial charge in [-0.1, -0.05) is 39.4 Å². The molecule has 1 aliphatic heterocycles. The highest BCUT2D eigenvalue weighted by Crippen LogP contribution is 2.31. The Bertz CT molecular complexity index is 1470. The van der Waals surface area contributed by atoms with Gasteiger partial charge in [-0.3, -0.25) is 9.36 Å². The molecule has 0 amide bonds. The van der Waals surface area contributed by atoms with Crippen LogP contribution >= 0.6 is 27.3 Å². The van der Waals surface area contributed by atoms with E-state index >= 15 is 0 Å². The van der Waals surface area contributed by atoms with E-state index < -0.39 is 12.0 Å². The predicted octanol–water partition coefficient (Wildman–Crippen LogP) is 3.33. The number of hydrogen-bond donors (Lipinski definition) is 1. The molecule has 2 heterocycles. The van der Waals surface area contributed by atoms with Crippen LogP contribution in [-0.4, -0.2) is 36.3 Å². The molecule has 34 heavy (non-hydrogen) atoms. The van der Waals surface area contributed by atoms with Gasteiger partial charge in [0, 0.05) is 29.8 Å². The van der Waals surface area contributed by atoms with Gasteiger partial charge in [0.05, 0.1) is 28.5 Å². The van der Waals surface area contributed by atoms with Crippen LogP contribution in [0.15, 0.2) is 68.0 Å². The van der Waals surface area contributed by atoms with Gasteiger partial charge in [0.25, 0.3) is 5.56 Å². The van der Waals surface area contributed by atoms with Crippen molar-refractivity contribution in [2.24, 2.45) is 4.99 Å². The maximum atomic E-state index is 13.6. The van der Waals surface area contributed by atoms with Crippen LogP contribution in [0, 0.1) is 0 Å². The minimum Gasteiger partial charge on any atom is -0.507 e. The first-order chi connectivity index (χ1) is 16.2. The fraction of sp³-hybridized carbons (Fsp3) is 0.240. The largest absolute Gasteiger partial charge is 0.507 e. The number of allylic oxidation sites excluding steroid dienone is 1. The van der Waals surface area contributed by atoms with E-state index in [1.807, 2.05) is 43.3 Å². The first-order valence-corrected chi connectivity index (χ1v) is 12.3. The SMILES string of the molecule is CCOC(=O)C1=C(C)N=c2s/c(=C/c3cc(Br)ccc3O)c(=O)n2[C@@H]1c1ccc(N(C)C)cc1. The van der Waals surface area contributed by atoms with Crippen LogP contribution < -0.4 is 19.8 Å². The highest BCUT2D eigenvalue weighted by molar-refractivity contribution is 9.10. The minimum atomic E-state index is -0.676. The van der Waals surface area contributed by atoms with Crippen molar-refractivity contribution < 1.29 is 14.6 Å². The average molecular weight is 542 g/mol. The smallest absolute Gasteiger partial charge is 0.338 e. The number of rotatable bonds is 5.